The Labute approximate surface area is 120 Å². The minimum Gasteiger partial charge on any atom is -0.370 e. The van der Waals surface area contributed by atoms with E-state index >= 15 is 0 Å². The first kappa shape index (κ1) is 15.0. The Balaban J connectivity index is 1.95. The van der Waals surface area contributed by atoms with E-state index in [1.54, 1.807) is 0 Å². The third-order valence-electron chi connectivity index (χ3n) is 3.74. The topological polar surface area (TPSA) is 55.6 Å². The summed E-state index contributed by atoms with van der Waals surface area (Å²) >= 11 is 0. The number of morpholine rings is 1. The predicted molar refractivity (Wildman–Crippen MR) is 79.2 cm³/mol. The Morgan fingerprint density at radius 1 is 1.45 bits per heavy atom. The highest BCUT2D eigenvalue weighted by atomic mass is 16.5. The van der Waals surface area contributed by atoms with Crippen LogP contribution in [0.5, 0.6) is 0 Å². The van der Waals surface area contributed by atoms with E-state index in [1.165, 1.54) is 0 Å². The van der Waals surface area contributed by atoms with Gasteiger partial charge in [-0.3, -0.25) is 4.79 Å². The summed E-state index contributed by atoms with van der Waals surface area (Å²) in [6.07, 6.45) is 2.80. The summed E-state index contributed by atoms with van der Waals surface area (Å²) < 4.78 is 5.77. The van der Waals surface area contributed by atoms with Gasteiger partial charge in [-0.1, -0.05) is 50.1 Å². The van der Waals surface area contributed by atoms with Crippen LogP contribution in [0.1, 0.15) is 37.9 Å². The monoisotopic (exact) mass is 276 g/mol. The molecule has 1 unspecified atom stereocenters. The lowest BCUT2D eigenvalue weighted by Gasteiger charge is -2.34. The van der Waals surface area contributed by atoms with Crippen molar-refractivity contribution in [3.8, 4) is 0 Å². The second-order valence-corrected chi connectivity index (χ2v) is 5.30. The molecule has 0 saturated carbocycles. The fourth-order valence-corrected chi connectivity index (χ4v) is 2.50. The maximum Gasteiger partial charge on any atom is 0.239 e. The summed E-state index contributed by atoms with van der Waals surface area (Å²) in [5, 5.41) is 0. The number of ether oxygens (including phenoxy) is 1. The Morgan fingerprint density at radius 2 is 2.20 bits per heavy atom. The first-order chi connectivity index (χ1) is 9.72. The van der Waals surface area contributed by atoms with E-state index in [4.69, 9.17) is 10.5 Å². The lowest BCUT2D eigenvalue weighted by atomic mass is 10.1. The lowest BCUT2D eigenvalue weighted by molar-refractivity contribution is -0.140. The zero-order valence-electron chi connectivity index (χ0n) is 12.1. The third-order valence-corrected chi connectivity index (χ3v) is 3.74. The molecule has 110 valence electrons. The van der Waals surface area contributed by atoms with E-state index in [0.717, 1.165) is 24.8 Å². The molecule has 1 fully saturated rings. The molecule has 2 atom stereocenters. The van der Waals surface area contributed by atoms with Crippen LogP contribution in [0, 0.1) is 0 Å². The predicted octanol–water partition coefficient (Wildman–Crippen LogP) is 2.10. The average molecular weight is 276 g/mol. The number of carbonyl (C=O) groups excluding carboxylic acids is 1. The molecule has 4 nitrogen and oxygen atoms in total. The van der Waals surface area contributed by atoms with Gasteiger partial charge in [-0.15, -0.1) is 0 Å². The van der Waals surface area contributed by atoms with Crippen LogP contribution in [-0.4, -0.2) is 36.5 Å². The van der Waals surface area contributed by atoms with Crippen LogP contribution in [0.3, 0.4) is 0 Å². The van der Waals surface area contributed by atoms with Gasteiger partial charge in [0.2, 0.25) is 5.91 Å². The van der Waals surface area contributed by atoms with Crippen molar-refractivity contribution in [1.29, 1.82) is 0 Å². The molecule has 0 spiro atoms. The van der Waals surface area contributed by atoms with Crippen molar-refractivity contribution in [2.75, 3.05) is 19.7 Å². The molecule has 0 radical (unpaired) electrons. The Hall–Kier alpha value is -1.39. The number of nitrogens with zero attached hydrogens (tertiary/aromatic N) is 1. The minimum atomic E-state index is -0.371. The van der Waals surface area contributed by atoms with Gasteiger partial charge in [0.15, 0.2) is 0 Å². The zero-order chi connectivity index (χ0) is 14.4. The van der Waals surface area contributed by atoms with E-state index in [2.05, 4.69) is 6.92 Å². The lowest BCUT2D eigenvalue weighted by Crippen LogP contribution is -2.49. The number of nitrogens with two attached hydrogens (primary N) is 1. The van der Waals surface area contributed by atoms with Crippen LogP contribution < -0.4 is 5.73 Å². The zero-order valence-corrected chi connectivity index (χ0v) is 12.1. The van der Waals surface area contributed by atoms with Gasteiger partial charge in [0.1, 0.15) is 6.10 Å². The van der Waals surface area contributed by atoms with Crippen molar-refractivity contribution in [1.82, 2.24) is 4.90 Å². The Bertz CT molecular complexity index is 422. The number of unbranched alkanes of at least 4 members (excludes halogenated alkanes) is 1. The molecule has 0 aliphatic carbocycles. The average Bonchev–Trinajstić information content (AvgIpc) is 2.53. The highest BCUT2D eigenvalue weighted by molar-refractivity contribution is 5.81. The fraction of sp³-hybridized carbons (Fsp3) is 0.562. The molecule has 1 aromatic carbocycles. The number of amides is 1. The van der Waals surface area contributed by atoms with E-state index in [9.17, 15) is 4.79 Å². The van der Waals surface area contributed by atoms with Crippen LogP contribution >= 0.6 is 0 Å². The quantitative estimate of drug-likeness (QED) is 0.896. The van der Waals surface area contributed by atoms with Gasteiger partial charge < -0.3 is 15.4 Å². The normalized spacial score (nSPS) is 20.7. The maximum absolute atomic E-state index is 12.3. The fourth-order valence-electron chi connectivity index (χ4n) is 2.50. The summed E-state index contributed by atoms with van der Waals surface area (Å²) in [7, 11) is 0. The molecule has 20 heavy (non-hydrogen) atoms. The number of hydrogen-bond acceptors (Lipinski definition) is 3. The van der Waals surface area contributed by atoms with Gasteiger partial charge in [0.25, 0.3) is 0 Å². The van der Waals surface area contributed by atoms with E-state index in [1.807, 2.05) is 35.2 Å². The molecule has 1 aromatic rings. The van der Waals surface area contributed by atoms with Crippen molar-refractivity contribution >= 4 is 5.91 Å². The largest absolute Gasteiger partial charge is 0.370 e. The van der Waals surface area contributed by atoms with Crippen LogP contribution in [0.2, 0.25) is 0 Å². The highest BCUT2D eigenvalue weighted by Crippen LogP contribution is 2.22. The summed E-state index contributed by atoms with van der Waals surface area (Å²) in [4.78, 5) is 14.2. The molecule has 4 heteroatoms. The van der Waals surface area contributed by atoms with Crippen molar-refractivity contribution in [3.05, 3.63) is 35.9 Å². The molecule has 0 aromatic heterocycles. The Kier molecular flexibility index (Phi) is 5.56. The van der Waals surface area contributed by atoms with E-state index in [-0.39, 0.29) is 18.1 Å². The second-order valence-electron chi connectivity index (χ2n) is 5.30. The summed E-state index contributed by atoms with van der Waals surface area (Å²) in [6.45, 7) is 3.92. The molecule has 1 saturated heterocycles. The van der Waals surface area contributed by atoms with E-state index in [0.29, 0.717) is 19.7 Å². The van der Waals surface area contributed by atoms with Gasteiger partial charge in [-0.25, -0.2) is 0 Å². The molecular weight excluding hydrogens is 252 g/mol. The highest BCUT2D eigenvalue weighted by Gasteiger charge is 2.27. The first-order valence-electron chi connectivity index (χ1n) is 7.43. The summed E-state index contributed by atoms with van der Waals surface area (Å²) in [5.41, 5.74) is 7.10. The molecule has 2 N–H and O–H groups in total. The molecule has 1 heterocycles. The number of hydrogen-bond donors (Lipinski definition) is 1. The third kappa shape index (κ3) is 3.81. The van der Waals surface area contributed by atoms with Crippen molar-refractivity contribution < 1.29 is 9.53 Å². The Morgan fingerprint density at radius 3 is 2.90 bits per heavy atom. The van der Waals surface area contributed by atoms with Crippen LogP contribution in [-0.2, 0) is 9.53 Å². The van der Waals surface area contributed by atoms with E-state index < -0.39 is 0 Å². The molecule has 1 aliphatic heterocycles. The number of rotatable bonds is 5. The van der Waals surface area contributed by atoms with Crippen LogP contribution in [0.4, 0.5) is 0 Å². The molecule has 2 rings (SSSR count). The summed E-state index contributed by atoms with van der Waals surface area (Å²) in [5.74, 6) is 0.0580. The van der Waals surface area contributed by atoms with Gasteiger partial charge >= 0.3 is 0 Å². The van der Waals surface area contributed by atoms with Crippen LogP contribution in [0.15, 0.2) is 30.3 Å². The van der Waals surface area contributed by atoms with Gasteiger partial charge in [0.05, 0.1) is 19.2 Å². The van der Waals surface area contributed by atoms with Gasteiger partial charge in [0, 0.05) is 6.54 Å². The second kappa shape index (κ2) is 7.41. The van der Waals surface area contributed by atoms with Gasteiger partial charge in [-0.05, 0) is 12.0 Å². The number of benzene rings is 1. The molecular formula is C16H24N2O2. The standard InChI is InChI=1S/C16H24N2O2/c1-2-3-9-14(17)16(19)18-10-11-20-15(12-18)13-7-5-4-6-8-13/h4-8,14-15H,2-3,9-12,17H2,1H3/t14-,15?/m0/s1. The smallest absolute Gasteiger partial charge is 0.239 e. The number of carbonyl (C=O) groups is 1. The molecule has 1 amide bonds. The molecule has 0 bridgehead atoms. The van der Waals surface area contributed by atoms with Gasteiger partial charge in [-0.2, -0.15) is 0 Å². The molecule has 1 aliphatic rings. The first-order valence-corrected chi connectivity index (χ1v) is 7.43. The van der Waals surface area contributed by atoms with Crippen LogP contribution in [0.25, 0.3) is 0 Å². The van der Waals surface area contributed by atoms with Crippen molar-refractivity contribution in [2.45, 2.75) is 38.3 Å². The van der Waals surface area contributed by atoms with Crippen molar-refractivity contribution in [3.63, 3.8) is 0 Å². The minimum absolute atomic E-state index is 0.0349. The van der Waals surface area contributed by atoms with Crippen molar-refractivity contribution in [2.24, 2.45) is 5.73 Å². The SMILES string of the molecule is CCCC[C@H](N)C(=O)N1CCOC(c2ccccc2)C1. The maximum atomic E-state index is 12.3. The summed E-state index contributed by atoms with van der Waals surface area (Å²) in [6, 6.07) is 9.67.